The van der Waals surface area contributed by atoms with E-state index in [0.29, 0.717) is 6.04 Å². The van der Waals surface area contributed by atoms with Gasteiger partial charge in [-0.1, -0.05) is 0 Å². The van der Waals surface area contributed by atoms with E-state index in [9.17, 15) is 0 Å². The normalized spacial score (nSPS) is 28.5. The molecular weight excluding hydrogens is 154 g/mol. The molecule has 0 atom stereocenters. The molecule has 0 aromatic rings. The Bertz CT molecular complexity index is 113. The van der Waals surface area contributed by atoms with Gasteiger partial charge in [-0.05, 0) is 32.7 Å². The summed E-state index contributed by atoms with van der Waals surface area (Å²) in [7, 11) is 0. The van der Waals surface area contributed by atoms with Gasteiger partial charge in [0.25, 0.3) is 0 Å². The maximum absolute atomic E-state index is 8.99. The van der Waals surface area contributed by atoms with Crippen LogP contribution in [0.5, 0.6) is 0 Å². The zero-order valence-corrected chi connectivity index (χ0v) is 7.75. The van der Waals surface area contributed by atoms with Crippen molar-refractivity contribution >= 4 is 0 Å². The number of ether oxygens (including phenoxy) is 1. The average molecular weight is 173 g/mol. The molecule has 0 heterocycles. The molecule has 2 N–H and O–H groups in total. The predicted octanol–water partition coefficient (Wildman–Crippen LogP) is 0.526. The molecule has 1 saturated carbocycles. The first kappa shape index (κ1) is 9.96. The second-order valence-corrected chi connectivity index (χ2v) is 3.33. The zero-order valence-electron chi connectivity index (χ0n) is 7.75. The third kappa shape index (κ3) is 3.52. The SMILES string of the molecule is CCOCCCNC1CC(O)C1. The van der Waals surface area contributed by atoms with Crippen LogP contribution in [0.4, 0.5) is 0 Å². The quantitative estimate of drug-likeness (QED) is 0.576. The number of aliphatic hydroxyl groups is 1. The minimum Gasteiger partial charge on any atom is -0.393 e. The van der Waals surface area contributed by atoms with Gasteiger partial charge in [-0.25, -0.2) is 0 Å². The van der Waals surface area contributed by atoms with Gasteiger partial charge in [0, 0.05) is 19.3 Å². The average Bonchev–Trinajstić information content (AvgIpc) is 2.00. The molecule has 3 nitrogen and oxygen atoms in total. The molecule has 0 saturated heterocycles. The summed E-state index contributed by atoms with van der Waals surface area (Å²) in [6.07, 6.45) is 2.87. The van der Waals surface area contributed by atoms with Gasteiger partial charge in [0.05, 0.1) is 6.10 Å². The van der Waals surface area contributed by atoms with Gasteiger partial charge in [0.2, 0.25) is 0 Å². The zero-order chi connectivity index (χ0) is 8.81. The fourth-order valence-electron chi connectivity index (χ4n) is 1.38. The van der Waals surface area contributed by atoms with Crippen molar-refractivity contribution in [1.82, 2.24) is 5.32 Å². The first-order valence-corrected chi connectivity index (χ1v) is 4.82. The Morgan fingerprint density at radius 2 is 2.25 bits per heavy atom. The van der Waals surface area contributed by atoms with Crippen LogP contribution in [0.1, 0.15) is 26.2 Å². The van der Waals surface area contributed by atoms with Crippen molar-refractivity contribution in [2.75, 3.05) is 19.8 Å². The molecule has 1 aliphatic rings. The molecule has 0 aliphatic heterocycles. The lowest BCUT2D eigenvalue weighted by Crippen LogP contribution is -2.44. The molecule has 0 spiro atoms. The molecule has 1 aliphatic carbocycles. The van der Waals surface area contributed by atoms with Crippen molar-refractivity contribution in [2.24, 2.45) is 0 Å². The maximum atomic E-state index is 8.99. The molecule has 1 fully saturated rings. The van der Waals surface area contributed by atoms with E-state index in [1.54, 1.807) is 0 Å². The maximum Gasteiger partial charge on any atom is 0.0570 e. The van der Waals surface area contributed by atoms with Gasteiger partial charge in [-0.2, -0.15) is 0 Å². The molecule has 0 aromatic heterocycles. The van der Waals surface area contributed by atoms with Crippen molar-refractivity contribution < 1.29 is 9.84 Å². The van der Waals surface area contributed by atoms with Crippen LogP contribution in [0.3, 0.4) is 0 Å². The highest BCUT2D eigenvalue weighted by atomic mass is 16.5. The Morgan fingerprint density at radius 1 is 1.50 bits per heavy atom. The van der Waals surface area contributed by atoms with Gasteiger partial charge < -0.3 is 15.2 Å². The number of nitrogens with one attached hydrogen (secondary N) is 1. The van der Waals surface area contributed by atoms with Crippen LogP contribution in [-0.4, -0.2) is 37.0 Å². The summed E-state index contributed by atoms with van der Waals surface area (Å²) in [5.41, 5.74) is 0. The third-order valence-corrected chi connectivity index (χ3v) is 2.22. The van der Waals surface area contributed by atoms with E-state index >= 15 is 0 Å². The highest BCUT2D eigenvalue weighted by Gasteiger charge is 2.25. The second-order valence-electron chi connectivity index (χ2n) is 3.33. The first-order valence-electron chi connectivity index (χ1n) is 4.82. The lowest BCUT2D eigenvalue weighted by molar-refractivity contribution is 0.0611. The summed E-state index contributed by atoms with van der Waals surface area (Å²) < 4.78 is 5.20. The van der Waals surface area contributed by atoms with E-state index in [1.165, 1.54) is 0 Å². The molecule has 12 heavy (non-hydrogen) atoms. The summed E-state index contributed by atoms with van der Waals surface area (Å²) in [5.74, 6) is 0. The largest absolute Gasteiger partial charge is 0.393 e. The van der Waals surface area contributed by atoms with Crippen LogP contribution >= 0.6 is 0 Å². The van der Waals surface area contributed by atoms with Crippen LogP contribution in [0.15, 0.2) is 0 Å². The fourth-order valence-corrected chi connectivity index (χ4v) is 1.38. The van der Waals surface area contributed by atoms with Gasteiger partial charge in [0.15, 0.2) is 0 Å². The highest BCUT2D eigenvalue weighted by molar-refractivity contribution is 4.84. The molecule has 1 rings (SSSR count). The van der Waals surface area contributed by atoms with Crippen LogP contribution in [-0.2, 0) is 4.74 Å². The van der Waals surface area contributed by atoms with Crippen LogP contribution in [0, 0.1) is 0 Å². The number of aliphatic hydroxyl groups excluding tert-OH is 1. The van der Waals surface area contributed by atoms with Crippen molar-refractivity contribution in [2.45, 2.75) is 38.3 Å². The molecule has 0 bridgehead atoms. The van der Waals surface area contributed by atoms with Gasteiger partial charge in [-0.15, -0.1) is 0 Å². The standard InChI is InChI=1S/C9H19NO2/c1-2-12-5-3-4-10-8-6-9(11)7-8/h8-11H,2-7H2,1H3. The van der Waals surface area contributed by atoms with Gasteiger partial charge in [-0.3, -0.25) is 0 Å². The lowest BCUT2D eigenvalue weighted by Gasteiger charge is -2.32. The van der Waals surface area contributed by atoms with E-state index in [-0.39, 0.29) is 6.10 Å². The Balaban J connectivity index is 1.77. The van der Waals surface area contributed by atoms with Crippen LogP contribution < -0.4 is 5.32 Å². The molecule has 0 aromatic carbocycles. The number of hydrogen-bond acceptors (Lipinski definition) is 3. The lowest BCUT2D eigenvalue weighted by atomic mass is 9.89. The summed E-state index contributed by atoms with van der Waals surface area (Å²) in [4.78, 5) is 0. The van der Waals surface area contributed by atoms with Crippen molar-refractivity contribution in [1.29, 1.82) is 0 Å². The highest BCUT2D eigenvalue weighted by Crippen LogP contribution is 2.18. The molecule has 0 amide bonds. The van der Waals surface area contributed by atoms with E-state index in [2.05, 4.69) is 5.32 Å². The van der Waals surface area contributed by atoms with E-state index < -0.39 is 0 Å². The molecule has 72 valence electrons. The molecule has 0 unspecified atom stereocenters. The van der Waals surface area contributed by atoms with Crippen LogP contribution in [0.25, 0.3) is 0 Å². The van der Waals surface area contributed by atoms with Gasteiger partial charge >= 0.3 is 0 Å². The van der Waals surface area contributed by atoms with Gasteiger partial charge in [0.1, 0.15) is 0 Å². The van der Waals surface area contributed by atoms with Crippen molar-refractivity contribution in [3.05, 3.63) is 0 Å². The third-order valence-electron chi connectivity index (χ3n) is 2.22. The minimum absolute atomic E-state index is 0.0469. The van der Waals surface area contributed by atoms with E-state index in [4.69, 9.17) is 9.84 Å². The Labute approximate surface area is 74.1 Å². The minimum atomic E-state index is -0.0469. The van der Waals surface area contributed by atoms with E-state index in [1.807, 2.05) is 6.92 Å². The Kier molecular flexibility index (Phi) is 4.58. The fraction of sp³-hybridized carbons (Fsp3) is 1.00. The first-order chi connectivity index (χ1) is 5.83. The predicted molar refractivity (Wildman–Crippen MR) is 48.1 cm³/mol. The molecule has 0 radical (unpaired) electrons. The smallest absolute Gasteiger partial charge is 0.0570 e. The Morgan fingerprint density at radius 3 is 2.83 bits per heavy atom. The van der Waals surface area contributed by atoms with Crippen LogP contribution in [0.2, 0.25) is 0 Å². The topological polar surface area (TPSA) is 41.5 Å². The molecule has 3 heteroatoms. The number of hydrogen-bond donors (Lipinski definition) is 2. The van der Waals surface area contributed by atoms with Crippen molar-refractivity contribution in [3.8, 4) is 0 Å². The Hall–Kier alpha value is -0.120. The summed E-state index contributed by atoms with van der Waals surface area (Å²) in [6, 6.07) is 0.557. The van der Waals surface area contributed by atoms with Crippen molar-refractivity contribution in [3.63, 3.8) is 0 Å². The second kappa shape index (κ2) is 5.51. The summed E-state index contributed by atoms with van der Waals surface area (Å²) in [6.45, 7) is 4.67. The number of rotatable bonds is 6. The monoisotopic (exact) mass is 173 g/mol. The summed E-state index contributed by atoms with van der Waals surface area (Å²) in [5, 5.41) is 12.4. The molecular formula is C9H19NO2. The van der Waals surface area contributed by atoms with E-state index in [0.717, 1.165) is 39.0 Å². The summed E-state index contributed by atoms with van der Waals surface area (Å²) >= 11 is 0.